The Morgan fingerprint density at radius 2 is 1.90 bits per heavy atom. The molecule has 1 unspecified atom stereocenters. The Labute approximate surface area is 125 Å². The monoisotopic (exact) mass is 296 g/mol. The number of amides is 1. The number of Topliss-reactive ketones (excluding diaryl/α,β-unsaturated/α-hetero) is 1. The predicted molar refractivity (Wildman–Crippen MR) is 81.6 cm³/mol. The molecule has 1 aromatic rings. The Morgan fingerprint density at radius 1 is 1.25 bits per heavy atom. The third-order valence-electron chi connectivity index (χ3n) is 3.55. The van der Waals surface area contributed by atoms with Crippen molar-refractivity contribution >= 4 is 24.1 Å². The fourth-order valence-electron chi connectivity index (χ4n) is 2.31. The molecule has 5 heteroatoms. The summed E-state index contributed by atoms with van der Waals surface area (Å²) in [5.41, 5.74) is 1.24. The molecule has 4 nitrogen and oxygen atoms in total. The third-order valence-corrected chi connectivity index (χ3v) is 3.55. The van der Waals surface area contributed by atoms with Gasteiger partial charge >= 0.3 is 0 Å². The zero-order valence-corrected chi connectivity index (χ0v) is 12.5. The molecule has 0 aliphatic carbocycles. The molecule has 0 radical (unpaired) electrons. The van der Waals surface area contributed by atoms with Crippen LogP contribution in [0.15, 0.2) is 24.3 Å². The summed E-state index contributed by atoms with van der Waals surface area (Å²) in [6.45, 7) is 4.37. The van der Waals surface area contributed by atoms with Crippen molar-refractivity contribution in [3.8, 4) is 0 Å². The summed E-state index contributed by atoms with van der Waals surface area (Å²) in [6, 6.07) is 6.78. The van der Waals surface area contributed by atoms with Crippen molar-refractivity contribution in [3.63, 3.8) is 0 Å². The number of halogens is 1. The van der Waals surface area contributed by atoms with Gasteiger partial charge in [-0.25, -0.2) is 0 Å². The van der Waals surface area contributed by atoms with E-state index < -0.39 is 0 Å². The van der Waals surface area contributed by atoms with Crippen LogP contribution in [0.1, 0.15) is 40.5 Å². The molecule has 0 saturated carbocycles. The number of nitrogens with one attached hydrogen (secondary N) is 2. The summed E-state index contributed by atoms with van der Waals surface area (Å²) >= 11 is 0. The molecule has 0 spiro atoms. The van der Waals surface area contributed by atoms with Crippen molar-refractivity contribution in [2.45, 2.75) is 19.8 Å². The molecule has 1 atom stereocenters. The second kappa shape index (κ2) is 8.02. The Balaban J connectivity index is 0.00000200. The molecule has 1 aromatic carbocycles. The first-order valence-electron chi connectivity index (χ1n) is 6.77. The molecule has 1 aliphatic heterocycles. The van der Waals surface area contributed by atoms with Crippen molar-refractivity contribution in [1.82, 2.24) is 10.6 Å². The molecule has 0 bridgehead atoms. The number of carbonyl (C=O) groups is 2. The highest BCUT2D eigenvalue weighted by Crippen LogP contribution is 2.11. The quantitative estimate of drug-likeness (QED) is 0.818. The molecule has 1 saturated heterocycles. The van der Waals surface area contributed by atoms with Gasteiger partial charge in [-0.2, -0.15) is 0 Å². The van der Waals surface area contributed by atoms with Crippen molar-refractivity contribution in [2.24, 2.45) is 5.92 Å². The molecule has 1 heterocycles. The molecule has 110 valence electrons. The minimum atomic E-state index is -0.0685. The molecule has 2 N–H and O–H groups in total. The average molecular weight is 297 g/mol. The zero-order valence-electron chi connectivity index (χ0n) is 11.6. The predicted octanol–water partition coefficient (Wildman–Crippen LogP) is 2.04. The second-order valence-electron chi connectivity index (χ2n) is 5.04. The number of rotatable bonds is 5. The van der Waals surface area contributed by atoms with Crippen LogP contribution < -0.4 is 10.6 Å². The molecular formula is C15H21ClN2O2. The zero-order chi connectivity index (χ0) is 13.7. The van der Waals surface area contributed by atoms with E-state index in [2.05, 4.69) is 10.6 Å². The Morgan fingerprint density at radius 3 is 2.45 bits per heavy atom. The van der Waals surface area contributed by atoms with E-state index in [0.717, 1.165) is 19.5 Å². The summed E-state index contributed by atoms with van der Waals surface area (Å²) in [6.07, 6.45) is 2.22. The normalized spacial score (nSPS) is 17.4. The fourth-order valence-corrected chi connectivity index (χ4v) is 2.31. The van der Waals surface area contributed by atoms with Gasteiger partial charge in [0.15, 0.2) is 5.78 Å². The first-order valence-corrected chi connectivity index (χ1v) is 6.77. The van der Waals surface area contributed by atoms with Gasteiger partial charge in [0.05, 0.1) is 0 Å². The Hall–Kier alpha value is -1.39. The van der Waals surface area contributed by atoms with Gasteiger partial charge in [-0.15, -0.1) is 12.4 Å². The summed E-state index contributed by atoms with van der Waals surface area (Å²) in [4.78, 5) is 23.0. The van der Waals surface area contributed by atoms with Gasteiger partial charge in [0.2, 0.25) is 0 Å². The van der Waals surface area contributed by atoms with Gasteiger partial charge < -0.3 is 10.6 Å². The van der Waals surface area contributed by atoms with Gasteiger partial charge in [-0.1, -0.05) is 12.1 Å². The van der Waals surface area contributed by atoms with Crippen LogP contribution in [0.4, 0.5) is 0 Å². The standard InChI is InChI=1S/C15H20N2O2.ClH/c1-11(18)13-2-4-14(5-3-13)15(19)17-9-7-12-6-8-16-10-12;/h2-5,12,16H,6-10H2,1H3,(H,17,19);1H. The highest BCUT2D eigenvalue weighted by Gasteiger charge is 2.14. The van der Waals surface area contributed by atoms with Crippen LogP contribution in [0.25, 0.3) is 0 Å². The van der Waals surface area contributed by atoms with E-state index in [1.165, 1.54) is 13.3 Å². The lowest BCUT2D eigenvalue weighted by Crippen LogP contribution is -2.26. The van der Waals surface area contributed by atoms with E-state index in [1.54, 1.807) is 24.3 Å². The van der Waals surface area contributed by atoms with Crippen LogP contribution in [0, 0.1) is 5.92 Å². The largest absolute Gasteiger partial charge is 0.352 e. The Kier molecular flexibility index (Phi) is 6.68. The number of hydrogen-bond acceptors (Lipinski definition) is 3. The number of benzene rings is 1. The van der Waals surface area contributed by atoms with Crippen molar-refractivity contribution in [2.75, 3.05) is 19.6 Å². The van der Waals surface area contributed by atoms with Crippen molar-refractivity contribution in [3.05, 3.63) is 35.4 Å². The summed E-state index contributed by atoms with van der Waals surface area (Å²) in [5, 5.41) is 6.24. The molecule has 2 rings (SSSR count). The maximum absolute atomic E-state index is 11.9. The molecule has 1 fully saturated rings. The molecule has 1 amide bonds. The van der Waals surface area contributed by atoms with E-state index in [0.29, 0.717) is 23.6 Å². The number of ketones is 1. The van der Waals surface area contributed by atoms with Crippen LogP contribution in [-0.2, 0) is 0 Å². The van der Waals surface area contributed by atoms with Crippen molar-refractivity contribution in [1.29, 1.82) is 0 Å². The number of carbonyl (C=O) groups excluding carboxylic acids is 2. The van der Waals surface area contributed by atoms with E-state index in [-0.39, 0.29) is 24.1 Å². The number of hydrogen-bond donors (Lipinski definition) is 2. The van der Waals surface area contributed by atoms with E-state index in [4.69, 9.17) is 0 Å². The van der Waals surface area contributed by atoms with Crippen LogP contribution in [0.5, 0.6) is 0 Å². The minimum absolute atomic E-state index is 0. The lowest BCUT2D eigenvalue weighted by molar-refractivity contribution is 0.0949. The van der Waals surface area contributed by atoms with E-state index in [9.17, 15) is 9.59 Å². The van der Waals surface area contributed by atoms with Crippen LogP contribution in [0.2, 0.25) is 0 Å². The minimum Gasteiger partial charge on any atom is -0.352 e. The van der Waals surface area contributed by atoms with Crippen molar-refractivity contribution < 1.29 is 9.59 Å². The highest BCUT2D eigenvalue weighted by atomic mass is 35.5. The Bertz CT molecular complexity index is 453. The summed E-state index contributed by atoms with van der Waals surface area (Å²) in [5.74, 6) is 0.627. The SMILES string of the molecule is CC(=O)c1ccc(C(=O)NCCC2CCNC2)cc1.Cl. The van der Waals surface area contributed by atoms with E-state index >= 15 is 0 Å². The smallest absolute Gasteiger partial charge is 0.251 e. The van der Waals surface area contributed by atoms with Gasteiger partial charge in [0, 0.05) is 17.7 Å². The molecule has 1 aliphatic rings. The lowest BCUT2D eigenvalue weighted by Gasteiger charge is -2.09. The van der Waals surface area contributed by atoms with Crippen LogP contribution in [0.3, 0.4) is 0 Å². The first-order chi connectivity index (χ1) is 9.16. The molecular weight excluding hydrogens is 276 g/mol. The molecule has 20 heavy (non-hydrogen) atoms. The summed E-state index contributed by atoms with van der Waals surface area (Å²) in [7, 11) is 0. The fraction of sp³-hybridized carbons (Fsp3) is 0.467. The van der Waals surface area contributed by atoms with Gasteiger partial charge in [-0.3, -0.25) is 9.59 Å². The van der Waals surface area contributed by atoms with Crippen LogP contribution in [-0.4, -0.2) is 31.3 Å². The van der Waals surface area contributed by atoms with E-state index in [1.807, 2.05) is 0 Å². The highest BCUT2D eigenvalue weighted by molar-refractivity contribution is 5.97. The van der Waals surface area contributed by atoms with Gasteiger partial charge in [0.25, 0.3) is 5.91 Å². The summed E-state index contributed by atoms with van der Waals surface area (Å²) < 4.78 is 0. The molecule has 0 aromatic heterocycles. The van der Waals surface area contributed by atoms with Crippen LogP contribution >= 0.6 is 12.4 Å². The third kappa shape index (κ3) is 4.62. The van der Waals surface area contributed by atoms with Gasteiger partial charge in [-0.05, 0) is 50.9 Å². The second-order valence-corrected chi connectivity index (χ2v) is 5.04. The topological polar surface area (TPSA) is 58.2 Å². The maximum Gasteiger partial charge on any atom is 0.251 e. The average Bonchev–Trinajstić information content (AvgIpc) is 2.92. The lowest BCUT2D eigenvalue weighted by atomic mass is 10.0. The maximum atomic E-state index is 11.9. The first kappa shape index (κ1) is 16.7. The van der Waals surface area contributed by atoms with Gasteiger partial charge in [0.1, 0.15) is 0 Å².